The van der Waals surface area contributed by atoms with E-state index in [0.29, 0.717) is 30.2 Å². The molecule has 2 aliphatic rings. The van der Waals surface area contributed by atoms with Crippen LogP contribution < -0.4 is 15.0 Å². The lowest BCUT2D eigenvalue weighted by Gasteiger charge is -2.37. The molecule has 194 valence electrons. The van der Waals surface area contributed by atoms with Gasteiger partial charge in [-0.05, 0) is 62.6 Å². The third kappa shape index (κ3) is 4.80. The number of carbonyl (C=O) groups is 3. The first-order valence-electron chi connectivity index (χ1n) is 13.0. The monoisotopic (exact) mass is 502 g/mol. The number of amides is 2. The van der Waals surface area contributed by atoms with Crippen molar-refractivity contribution in [1.82, 2.24) is 9.88 Å². The zero-order valence-corrected chi connectivity index (χ0v) is 21.7. The van der Waals surface area contributed by atoms with Crippen LogP contribution in [0.15, 0.2) is 42.5 Å². The number of benzene rings is 2. The number of para-hydroxylation sites is 1. The number of hydrogen-bond acceptors (Lipinski definition) is 5. The van der Waals surface area contributed by atoms with Gasteiger partial charge in [-0.15, -0.1) is 0 Å². The van der Waals surface area contributed by atoms with Crippen LogP contribution in [0, 0.1) is 18.8 Å². The molecule has 8 heteroatoms. The largest absolute Gasteiger partial charge is 0.495 e. The van der Waals surface area contributed by atoms with Gasteiger partial charge in [-0.3, -0.25) is 14.4 Å². The number of H-pyrrole nitrogens is 1. The minimum atomic E-state index is -0.202. The number of aromatic amines is 1. The van der Waals surface area contributed by atoms with Crippen molar-refractivity contribution in [3.05, 3.63) is 53.7 Å². The average Bonchev–Trinajstić information content (AvgIpc) is 3.54. The Morgan fingerprint density at radius 3 is 2.35 bits per heavy atom. The highest BCUT2D eigenvalue weighted by Crippen LogP contribution is 2.34. The van der Waals surface area contributed by atoms with E-state index in [1.54, 1.807) is 14.0 Å². The van der Waals surface area contributed by atoms with E-state index in [1.165, 1.54) is 0 Å². The number of ether oxygens (including phenoxy) is 1. The minimum absolute atomic E-state index is 0.108. The molecule has 2 aromatic carbocycles. The first kappa shape index (κ1) is 24.9. The van der Waals surface area contributed by atoms with Crippen LogP contribution in [0.2, 0.25) is 0 Å². The quantitative estimate of drug-likeness (QED) is 0.521. The highest BCUT2D eigenvalue weighted by atomic mass is 16.5. The SMILES string of the molecule is COc1cccc2c(C)c(C(=O)Nc3ccc(N4CCN(C(=O)C5CCCC5C(C)=O)CC4)cc3)[nH]c12. The maximum absolute atomic E-state index is 13.0. The summed E-state index contributed by atoms with van der Waals surface area (Å²) < 4.78 is 5.42. The molecule has 1 aliphatic heterocycles. The first-order chi connectivity index (χ1) is 17.9. The second-order valence-corrected chi connectivity index (χ2v) is 10.1. The zero-order chi connectivity index (χ0) is 26.1. The standard InChI is InChI=1S/C29H34N4O4/c1-18-22-6-5-9-25(37-3)27(22)31-26(18)28(35)30-20-10-12-21(13-11-20)32-14-16-33(17-15-32)29(36)24-8-4-7-23(24)19(2)34/h5-6,9-13,23-24,31H,4,7-8,14-17H2,1-3H3,(H,30,35). The summed E-state index contributed by atoms with van der Waals surface area (Å²) >= 11 is 0. The van der Waals surface area contributed by atoms with Crippen molar-refractivity contribution in [2.75, 3.05) is 43.5 Å². The van der Waals surface area contributed by atoms with Gasteiger partial charge in [-0.2, -0.15) is 0 Å². The van der Waals surface area contributed by atoms with Crippen LogP contribution in [0.3, 0.4) is 0 Å². The van der Waals surface area contributed by atoms with Gasteiger partial charge in [0.1, 0.15) is 17.2 Å². The number of carbonyl (C=O) groups excluding carboxylic acids is 3. The van der Waals surface area contributed by atoms with Gasteiger partial charge in [-0.1, -0.05) is 18.6 Å². The highest BCUT2D eigenvalue weighted by Gasteiger charge is 2.38. The number of Topliss-reactive ketones (excluding diaryl/α,β-unsaturated/α-hetero) is 1. The smallest absolute Gasteiger partial charge is 0.272 e. The van der Waals surface area contributed by atoms with Crippen molar-refractivity contribution in [2.45, 2.75) is 33.1 Å². The predicted octanol–water partition coefficient (Wildman–Crippen LogP) is 4.39. The molecule has 0 radical (unpaired) electrons. The lowest BCUT2D eigenvalue weighted by atomic mass is 9.91. The number of nitrogens with one attached hydrogen (secondary N) is 2. The number of ketones is 1. The Labute approximate surface area is 217 Å². The first-order valence-corrected chi connectivity index (χ1v) is 13.0. The third-order valence-corrected chi connectivity index (χ3v) is 7.94. The molecule has 0 bridgehead atoms. The summed E-state index contributed by atoms with van der Waals surface area (Å²) in [6.45, 7) is 6.32. The molecule has 1 aromatic heterocycles. The van der Waals surface area contributed by atoms with Crippen LogP contribution in [0.5, 0.6) is 5.75 Å². The second kappa shape index (κ2) is 10.3. The molecule has 2 unspecified atom stereocenters. The number of rotatable bonds is 6. The van der Waals surface area contributed by atoms with Gasteiger partial charge >= 0.3 is 0 Å². The minimum Gasteiger partial charge on any atom is -0.495 e. The van der Waals surface area contributed by atoms with E-state index in [1.807, 2.05) is 54.3 Å². The van der Waals surface area contributed by atoms with E-state index in [9.17, 15) is 14.4 Å². The third-order valence-electron chi connectivity index (χ3n) is 7.94. The summed E-state index contributed by atoms with van der Waals surface area (Å²) in [5.41, 5.74) is 3.97. The number of aromatic nitrogens is 1. The van der Waals surface area contributed by atoms with Crippen LogP contribution in [0.1, 0.15) is 42.2 Å². The normalized spacial score (nSPS) is 19.8. The number of fused-ring (bicyclic) bond motifs is 1. The number of aryl methyl sites for hydroxylation is 1. The summed E-state index contributed by atoms with van der Waals surface area (Å²) in [4.78, 5) is 45.4. The molecule has 0 spiro atoms. The second-order valence-electron chi connectivity index (χ2n) is 10.1. The molecule has 5 rings (SSSR count). The van der Waals surface area contributed by atoms with Crippen molar-refractivity contribution < 1.29 is 19.1 Å². The number of methoxy groups -OCH3 is 1. The van der Waals surface area contributed by atoms with Crippen molar-refractivity contribution in [3.8, 4) is 5.75 Å². The van der Waals surface area contributed by atoms with Crippen LogP contribution in [0.4, 0.5) is 11.4 Å². The van der Waals surface area contributed by atoms with Gasteiger partial charge in [0.05, 0.1) is 12.6 Å². The van der Waals surface area contributed by atoms with E-state index < -0.39 is 0 Å². The average molecular weight is 503 g/mol. The summed E-state index contributed by atoms with van der Waals surface area (Å²) in [6.07, 6.45) is 2.61. The molecule has 2 amide bonds. The Morgan fingerprint density at radius 2 is 1.68 bits per heavy atom. The summed E-state index contributed by atoms with van der Waals surface area (Å²) in [6, 6.07) is 13.5. The van der Waals surface area contributed by atoms with E-state index in [2.05, 4.69) is 15.2 Å². The molecule has 2 N–H and O–H groups in total. The van der Waals surface area contributed by atoms with E-state index in [0.717, 1.165) is 54.5 Å². The Bertz CT molecular complexity index is 1320. The Kier molecular flexibility index (Phi) is 6.91. The van der Waals surface area contributed by atoms with E-state index in [4.69, 9.17) is 4.74 Å². The van der Waals surface area contributed by atoms with Crippen molar-refractivity contribution in [2.24, 2.45) is 11.8 Å². The molecule has 37 heavy (non-hydrogen) atoms. The van der Waals surface area contributed by atoms with Gasteiger partial charge in [-0.25, -0.2) is 0 Å². The van der Waals surface area contributed by atoms with Gasteiger partial charge in [0.25, 0.3) is 5.91 Å². The molecular weight excluding hydrogens is 468 g/mol. The molecule has 1 saturated carbocycles. The summed E-state index contributed by atoms with van der Waals surface area (Å²) in [7, 11) is 1.61. The predicted molar refractivity (Wildman–Crippen MR) is 144 cm³/mol. The molecule has 2 atom stereocenters. The number of nitrogens with zero attached hydrogens (tertiary/aromatic N) is 2. The fourth-order valence-electron chi connectivity index (χ4n) is 5.83. The Morgan fingerprint density at radius 1 is 0.973 bits per heavy atom. The maximum atomic E-state index is 13.0. The van der Waals surface area contributed by atoms with Gasteiger partial charge in [0, 0.05) is 54.8 Å². The van der Waals surface area contributed by atoms with Crippen molar-refractivity contribution in [3.63, 3.8) is 0 Å². The highest BCUT2D eigenvalue weighted by molar-refractivity contribution is 6.08. The molecule has 2 heterocycles. The lowest BCUT2D eigenvalue weighted by molar-refractivity contribution is -0.140. The van der Waals surface area contributed by atoms with Gasteiger partial charge in [0.15, 0.2) is 0 Å². The molecule has 8 nitrogen and oxygen atoms in total. The molecule has 3 aromatic rings. The van der Waals surface area contributed by atoms with Gasteiger partial charge < -0.3 is 24.8 Å². The van der Waals surface area contributed by atoms with E-state index >= 15 is 0 Å². The van der Waals surface area contributed by atoms with Crippen molar-refractivity contribution in [1.29, 1.82) is 0 Å². The topological polar surface area (TPSA) is 94.7 Å². The van der Waals surface area contributed by atoms with Crippen LogP contribution in [0.25, 0.3) is 10.9 Å². The molecule has 1 saturated heterocycles. The molecule has 1 aliphatic carbocycles. The van der Waals surface area contributed by atoms with Crippen LogP contribution in [-0.4, -0.2) is 60.8 Å². The summed E-state index contributed by atoms with van der Waals surface area (Å²) in [5, 5.41) is 3.94. The van der Waals surface area contributed by atoms with Crippen LogP contribution >= 0.6 is 0 Å². The fraction of sp³-hybridized carbons (Fsp3) is 0.414. The molecule has 2 fully saturated rings. The lowest BCUT2D eigenvalue weighted by Crippen LogP contribution is -2.51. The summed E-state index contributed by atoms with van der Waals surface area (Å²) in [5.74, 6) is 0.526. The number of piperazine rings is 1. The maximum Gasteiger partial charge on any atom is 0.272 e. The number of hydrogen-bond donors (Lipinski definition) is 2. The molecular formula is C29H34N4O4. The van der Waals surface area contributed by atoms with E-state index in [-0.39, 0.29) is 29.4 Å². The number of anilines is 2. The fourth-order valence-corrected chi connectivity index (χ4v) is 5.83. The zero-order valence-electron chi connectivity index (χ0n) is 21.7. The van der Waals surface area contributed by atoms with Crippen molar-refractivity contribution >= 4 is 39.9 Å². The van der Waals surface area contributed by atoms with Gasteiger partial charge in [0.2, 0.25) is 5.91 Å². The Balaban J connectivity index is 1.20. The Hall–Kier alpha value is -3.81. The van der Waals surface area contributed by atoms with Crippen LogP contribution in [-0.2, 0) is 9.59 Å².